The minimum absolute atomic E-state index is 0.0154. The number of nitrogens with zero attached hydrogens (tertiary/aromatic N) is 2. The van der Waals surface area contributed by atoms with Crippen molar-refractivity contribution in [2.24, 2.45) is 0 Å². The van der Waals surface area contributed by atoms with Gasteiger partial charge in [-0.1, -0.05) is 42.5 Å². The molecule has 2 amide bonds. The zero-order chi connectivity index (χ0) is 26.2. The average molecular weight is 514 g/mol. The number of carbonyl (C=O) groups is 2. The van der Waals surface area contributed by atoms with Crippen LogP contribution in [0.25, 0.3) is 6.08 Å². The van der Waals surface area contributed by atoms with Crippen LogP contribution in [-0.4, -0.2) is 62.7 Å². The highest BCUT2D eigenvalue weighted by atomic mass is 16.5. The lowest BCUT2D eigenvalue weighted by atomic mass is 10.2. The summed E-state index contributed by atoms with van der Waals surface area (Å²) in [6.07, 6.45) is 3.23. The molecule has 8 heteroatoms. The van der Waals surface area contributed by atoms with Gasteiger partial charge in [-0.25, -0.2) is 0 Å². The van der Waals surface area contributed by atoms with E-state index in [1.165, 1.54) is 6.08 Å². The summed E-state index contributed by atoms with van der Waals surface area (Å²) in [5, 5.41) is 2.87. The van der Waals surface area contributed by atoms with E-state index in [0.29, 0.717) is 24.6 Å². The Morgan fingerprint density at radius 1 is 0.974 bits per heavy atom. The Labute approximate surface area is 222 Å². The molecule has 0 radical (unpaired) electrons. The largest absolute Gasteiger partial charge is 0.489 e. The van der Waals surface area contributed by atoms with Crippen molar-refractivity contribution in [3.05, 3.63) is 90.0 Å². The number of benzene rings is 3. The monoisotopic (exact) mass is 513 g/mol. The first kappa shape index (κ1) is 25.5. The van der Waals surface area contributed by atoms with E-state index in [2.05, 4.69) is 10.2 Å². The molecular weight excluding hydrogens is 482 g/mol. The zero-order valence-corrected chi connectivity index (χ0v) is 21.2. The SMILES string of the molecule is O=C(/C=C/c1ccc(OCc2ccccc2)cc1)Nc1ccc2c(c1)OCC(=O)N2CCN1CCOCC1. The fourth-order valence-electron chi connectivity index (χ4n) is 4.37. The number of amides is 2. The summed E-state index contributed by atoms with van der Waals surface area (Å²) >= 11 is 0. The van der Waals surface area contributed by atoms with Crippen molar-refractivity contribution in [2.75, 3.05) is 56.2 Å². The predicted octanol–water partition coefficient (Wildman–Crippen LogP) is 3.98. The number of nitrogens with one attached hydrogen (secondary N) is 1. The Morgan fingerprint density at radius 2 is 1.76 bits per heavy atom. The van der Waals surface area contributed by atoms with Crippen molar-refractivity contribution < 1.29 is 23.8 Å². The van der Waals surface area contributed by atoms with E-state index < -0.39 is 0 Å². The van der Waals surface area contributed by atoms with Crippen molar-refractivity contribution in [3.8, 4) is 11.5 Å². The van der Waals surface area contributed by atoms with Gasteiger partial charge in [-0.3, -0.25) is 14.5 Å². The molecule has 1 saturated heterocycles. The first-order valence-corrected chi connectivity index (χ1v) is 12.8. The molecule has 38 heavy (non-hydrogen) atoms. The highest BCUT2D eigenvalue weighted by Crippen LogP contribution is 2.34. The predicted molar refractivity (Wildman–Crippen MR) is 146 cm³/mol. The van der Waals surface area contributed by atoms with E-state index in [1.54, 1.807) is 23.1 Å². The Hall–Kier alpha value is -4.14. The standard InChI is InChI=1S/C30H31N3O5/c34-29(13-8-23-6-10-26(11-7-23)37-21-24-4-2-1-3-5-24)31-25-9-12-27-28(20-25)38-22-30(35)33(27)15-14-32-16-18-36-19-17-32/h1-13,20H,14-19,21-22H2,(H,31,34)/b13-8+. The Balaban J connectivity index is 1.14. The number of fused-ring (bicyclic) bond motifs is 1. The van der Waals surface area contributed by atoms with Crippen molar-refractivity contribution in [2.45, 2.75) is 6.61 Å². The molecule has 8 nitrogen and oxygen atoms in total. The summed E-state index contributed by atoms with van der Waals surface area (Å²) in [7, 11) is 0. The van der Waals surface area contributed by atoms with Gasteiger partial charge in [-0.15, -0.1) is 0 Å². The Morgan fingerprint density at radius 3 is 2.55 bits per heavy atom. The van der Waals surface area contributed by atoms with Gasteiger partial charge in [0.15, 0.2) is 6.61 Å². The van der Waals surface area contributed by atoms with Crippen LogP contribution in [0, 0.1) is 0 Å². The van der Waals surface area contributed by atoms with Gasteiger partial charge in [0.2, 0.25) is 5.91 Å². The zero-order valence-electron chi connectivity index (χ0n) is 21.2. The maximum absolute atomic E-state index is 12.5. The van der Waals surface area contributed by atoms with Crippen LogP contribution in [0.15, 0.2) is 78.9 Å². The van der Waals surface area contributed by atoms with Gasteiger partial charge < -0.3 is 24.4 Å². The number of anilines is 2. The summed E-state index contributed by atoms with van der Waals surface area (Å²) < 4.78 is 16.9. The highest BCUT2D eigenvalue weighted by Gasteiger charge is 2.26. The van der Waals surface area contributed by atoms with E-state index in [0.717, 1.165) is 55.4 Å². The lowest BCUT2D eigenvalue weighted by Gasteiger charge is -2.33. The molecule has 2 heterocycles. The fraction of sp³-hybridized carbons (Fsp3) is 0.267. The molecule has 0 aromatic heterocycles. The van der Waals surface area contributed by atoms with Crippen LogP contribution in [0.5, 0.6) is 11.5 Å². The lowest BCUT2D eigenvalue weighted by Crippen LogP contribution is -2.45. The quantitative estimate of drug-likeness (QED) is 0.436. The van der Waals surface area contributed by atoms with Crippen molar-refractivity contribution in [1.29, 1.82) is 0 Å². The number of morpholine rings is 1. The molecule has 0 unspecified atom stereocenters. The van der Waals surface area contributed by atoms with E-state index in [4.69, 9.17) is 14.2 Å². The van der Waals surface area contributed by atoms with Gasteiger partial charge in [0.25, 0.3) is 5.91 Å². The summed E-state index contributed by atoms with van der Waals surface area (Å²) in [4.78, 5) is 29.1. The van der Waals surface area contributed by atoms with Crippen LogP contribution in [0.4, 0.5) is 11.4 Å². The summed E-state index contributed by atoms with van der Waals surface area (Å²) in [5.41, 5.74) is 3.31. The molecule has 3 aromatic rings. The number of hydrogen-bond acceptors (Lipinski definition) is 6. The summed E-state index contributed by atoms with van der Waals surface area (Å²) in [5.74, 6) is 1.02. The van der Waals surface area contributed by atoms with E-state index >= 15 is 0 Å². The Kier molecular flexibility index (Phi) is 8.32. The maximum atomic E-state index is 12.5. The molecule has 3 aromatic carbocycles. The second kappa shape index (κ2) is 12.4. The number of carbonyl (C=O) groups excluding carboxylic acids is 2. The molecular formula is C30H31N3O5. The van der Waals surface area contributed by atoms with Gasteiger partial charge in [-0.2, -0.15) is 0 Å². The first-order chi connectivity index (χ1) is 18.6. The van der Waals surface area contributed by atoms with Crippen LogP contribution in [-0.2, 0) is 20.9 Å². The van der Waals surface area contributed by atoms with Gasteiger partial charge >= 0.3 is 0 Å². The third kappa shape index (κ3) is 6.79. The van der Waals surface area contributed by atoms with Gasteiger partial charge in [0, 0.05) is 44.0 Å². The molecule has 196 valence electrons. The molecule has 0 aliphatic carbocycles. The molecule has 2 aliphatic heterocycles. The lowest BCUT2D eigenvalue weighted by molar-refractivity contribution is -0.121. The van der Waals surface area contributed by atoms with E-state index in [9.17, 15) is 9.59 Å². The van der Waals surface area contributed by atoms with Crippen LogP contribution < -0.4 is 19.7 Å². The molecule has 0 bridgehead atoms. The van der Waals surface area contributed by atoms with Crippen LogP contribution in [0.2, 0.25) is 0 Å². The van der Waals surface area contributed by atoms with Crippen LogP contribution in [0.1, 0.15) is 11.1 Å². The van der Waals surface area contributed by atoms with Gasteiger partial charge in [-0.05, 0) is 41.5 Å². The number of ether oxygens (including phenoxy) is 3. The molecule has 0 spiro atoms. The summed E-state index contributed by atoms with van der Waals surface area (Å²) in [6.45, 7) is 5.03. The molecule has 1 N–H and O–H groups in total. The third-order valence-corrected chi connectivity index (χ3v) is 6.47. The summed E-state index contributed by atoms with van der Waals surface area (Å²) in [6, 6.07) is 22.9. The van der Waals surface area contributed by atoms with Crippen molar-refractivity contribution >= 4 is 29.3 Å². The molecule has 2 aliphatic rings. The normalized spacial score (nSPS) is 15.7. The molecule has 5 rings (SSSR count). The minimum Gasteiger partial charge on any atom is -0.489 e. The van der Waals surface area contributed by atoms with E-state index in [-0.39, 0.29) is 18.4 Å². The fourth-order valence-corrected chi connectivity index (χ4v) is 4.37. The van der Waals surface area contributed by atoms with Crippen LogP contribution in [0.3, 0.4) is 0 Å². The molecule has 0 atom stereocenters. The number of rotatable bonds is 9. The van der Waals surface area contributed by atoms with E-state index in [1.807, 2.05) is 60.7 Å². The van der Waals surface area contributed by atoms with Crippen molar-refractivity contribution in [1.82, 2.24) is 4.90 Å². The number of hydrogen-bond donors (Lipinski definition) is 1. The molecule has 1 fully saturated rings. The van der Waals surface area contributed by atoms with Crippen LogP contribution >= 0.6 is 0 Å². The smallest absolute Gasteiger partial charge is 0.265 e. The van der Waals surface area contributed by atoms with Crippen molar-refractivity contribution in [3.63, 3.8) is 0 Å². The Bertz CT molecular complexity index is 1270. The average Bonchev–Trinajstić information content (AvgIpc) is 2.96. The third-order valence-electron chi connectivity index (χ3n) is 6.47. The minimum atomic E-state index is -0.259. The highest BCUT2D eigenvalue weighted by molar-refractivity contribution is 6.03. The maximum Gasteiger partial charge on any atom is 0.265 e. The second-order valence-corrected chi connectivity index (χ2v) is 9.14. The van der Waals surface area contributed by atoms with Gasteiger partial charge in [0.05, 0.1) is 18.9 Å². The topological polar surface area (TPSA) is 80.3 Å². The first-order valence-electron chi connectivity index (χ1n) is 12.8. The van der Waals surface area contributed by atoms with Gasteiger partial charge in [0.1, 0.15) is 18.1 Å². The second-order valence-electron chi connectivity index (χ2n) is 9.14. The molecule has 0 saturated carbocycles.